The van der Waals surface area contributed by atoms with Crippen molar-refractivity contribution in [3.05, 3.63) is 29.3 Å². The molecule has 0 heterocycles. The lowest BCUT2D eigenvalue weighted by atomic mass is 10.1. The Morgan fingerprint density at radius 3 is 2.43 bits per heavy atom. The monoisotopic (exact) mass is 299 g/mol. The van der Waals surface area contributed by atoms with Gasteiger partial charge in [-0.3, -0.25) is 0 Å². The molecule has 21 heavy (non-hydrogen) atoms. The molecule has 0 spiro atoms. The molecule has 5 heteroatoms. The summed E-state index contributed by atoms with van der Waals surface area (Å²) < 4.78 is 45.2. The minimum atomic E-state index is -4.37. The molecule has 2 nitrogen and oxygen atoms in total. The van der Waals surface area contributed by atoms with Gasteiger partial charge in [0.25, 0.3) is 0 Å². The zero-order valence-corrected chi connectivity index (χ0v) is 11.9. The molecular formula is C16H20F3NO. The van der Waals surface area contributed by atoms with Crippen molar-refractivity contribution in [3.8, 4) is 5.75 Å². The molecule has 0 bridgehead atoms. The van der Waals surface area contributed by atoms with Gasteiger partial charge >= 0.3 is 6.18 Å². The fourth-order valence-electron chi connectivity index (χ4n) is 2.75. The van der Waals surface area contributed by atoms with Crippen molar-refractivity contribution in [3.63, 3.8) is 0 Å². The predicted octanol–water partition coefficient (Wildman–Crippen LogP) is 4.28. The molecule has 0 aromatic heterocycles. The Kier molecular flexibility index (Phi) is 4.11. The summed E-state index contributed by atoms with van der Waals surface area (Å²) in [6, 6.07) is 4.91. The van der Waals surface area contributed by atoms with Crippen molar-refractivity contribution in [2.75, 3.05) is 0 Å². The maximum absolute atomic E-state index is 13.2. The van der Waals surface area contributed by atoms with E-state index in [-0.39, 0.29) is 11.9 Å². The van der Waals surface area contributed by atoms with Crippen LogP contribution in [0.15, 0.2) is 18.2 Å². The first-order valence-electron chi connectivity index (χ1n) is 7.62. The van der Waals surface area contributed by atoms with Crippen molar-refractivity contribution in [2.45, 2.75) is 63.4 Å². The Labute approximate surface area is 122 Å². The van der Waals surface area contributed by atoms with Gasteiger partial charge < -0.3 is 10.1 Å². The molecule has 0 aliphatic heterocycles. The van der Waals surface area contributed by atoms with Crippen molar-refractivity contribution in [1.29, 1.82) is 0 Å². The van der Waals surface area contributed by atoms with Crippen LogP contribution in [-0.4, -0.2) is 12.1 Å². The minimum Gasteiger partial charge on any atom is -0.490 e. The van der Waals surface area contributed by atoms with Crippen molar-refractivity contribution in [1.82, 2.24) is 5.32 Å². The van der Waals surface area contributed by atoms with Gasteiger partial charge in [0, 0.05) is 12.6 Å². The summed E-state index contributed by atoms with van der Waals surface area (Å²) in [4.78, 5) is 0. The lowest BCUT2D eigenvalue weighted by molar-refractivity contribution is -0.139. The van der Waals surface area contributed by atoms with E-state index < -0.39 is 11.7 Å². The molecule has 116 valence electrons. The average Bonchev–Trinajstić information content (AvgIpc) is 3.12. The molecule has 0 radical (unpaired) electrons. The highest BCUT2D eigenvalue weighted by molar-refractivity contribution is 5.39. The first-order valence-corrected chi connectivity index (χ1v) is 7.62. The first kappa shape index (κ1) is 14.7. The van der Waals surface area contributed by atoms with Crippen LogP contribution in [0.25, 0.3) is 0 Å². The highest BCUT2D eigenvalue weighted by Gasteiger charge is 2.35. The molecule has 3 rings (SSSR count). The molecule has 0 unspecified atom stereocenters. The fraction of sp³-hybridized carbons (Fsp3) is 0.625. The third-order valence-corrected chi connectivity index (χ3v) is 4.12. The molecule has 2 aliphatic carbocycles. The van der Waals surface area contributed by atoms with Gasteiger partial charge in [-0.2, -0.15) is 13.2 Å². The number of nitrogens with one attached hydrogen (secondary N) is 1. The summed E-state index contributed by atoms with van der Waals surface area (Å²) >= 11 is 0. The van der Waals surface area contributed by atoms with Crippen LogP contribution in [0.2, 0.25) is 0 Å². The van der Waals surface area contributed by atoms with E-state index in [4.69, 9.17) is 4.74 Å². The van der Waals surface area contributed by atoms with Crippen molar-refractivity contribution in [2.24, 2.45) is 0 Å². The van der Waals surface area contributed by atoms with Gasteiger partial charge in [0.15, 0.2) is 0 Å². The predicted molar refractivity (Wildman–Crippen MR) is 74.2 cm³/mol. The Hall–Kier alpha value is -1.23. The summed E-state index contributed by atoms with van der Waals surface area (Å²) in [7, 11) is 0. The third kappa shape index (κ3) is 3.90. The van der Waals surface area contributed by atoms with E-state index in [1.165, 1.54) is 12.1 Å². The standard InChI is InChI=1S/C16H20F3NO/c17-16(18,19)14-9-11(10-20-12-6-7-12)5-8-15(14)21-13-3-1-2-4-13/h5,8-9,12-13,20H,1-4,6-7,10H2. The quantitative estimate of drug-likeness (QED) is 0.876. The van der Waals surface area contributed by atoms with Gasteiger partial charge in [0.2, 0.25) is 0 Å². The summed E-state index contributed by atoms with van der Waals surface area (Å²) in [5, 5.41) is 3.24. The number of halogens is 3. The Morgan fingerprint density at radius 2 is 1.81 bits per heavy atom. The summed E-state index contributed by atoms with van der Waals surface area (Å²) in [6.07, 6.45) is 1.57. The summed E-state index contributed by atoms with van der Waals surface area (Å²) in [5.41, 5.74) is 0.0116. The van der Waals surface area contributed by atoms with Gasteiger partial charge in [-0.05, 0) is 56.2 Å². The number of rotatable bonds is 5. The second kappa shape index (κ2) is 5.87. The maximum Gasteiger partial charge on any atom is 0.419 e. The van der Waals surface area contributed by atoms with E-state index in [1.54, 1.807) is 6.07 Å². The van der Waals surface area contributed by atoms with Crippen LogP contribution in [0, 0.1) is 0 Å². The lowest BCUT2D eigenvalue weighted by Gasteiger charge is -2.19. The molecule has 1 N–H and O–H groups in total. The van der Waals surface area contributed by atoms with Crippen molar-refractivity contribution >= 4 is 0 Å². The number of hydrogen-bond acceptors (Lipinski definition) is 2. The van der Waals surface area contributed by atoms with Crippen LogP contribution in [0.4, 0.5) is 13.2 Å². The molecule has 1 aromatic rings. The molecule has 0 saturated heterocycles. The van der Waals surface area contributed by atoms with E-state index in [2.05, 4.69) is 5.32 Å². The molecule has 2 fully saturated rings. The molecule has 2 saturated carbocycles. The number of alkyl halides is 3. The van der Waals surface area contributed by atoms with Crippen LogP contribution >= 0.6 is 0 Å². The topological polar surface area (TPSA) is 21.3 Å². The first-order chi connectivity index (χ1) is 10.0. The van der Waals surface area contributed by atoms with Gasteiger partial charge in [-0.15, -0.1) is 0 Å². The van der Waals surface area contributed by atoms with E-state index in [1.807, 2.05) is 0 Å². The molecule has 0 atom stereocenters. The van der Waals surface area contributed by atoms with Crippen LogP contribution in [0.5, 0.6) is 5.75 Å². The van der Waals surface area contributed by atoms with Crippen LogP contribution < -0.4 is 10.1 Å². The lowest BCUT2D eigenvalue weighted by Crippen LogP contribution is -2.18. The van der Waals surface area contributed by atoms with Crippen LogP contribution in [0.3, 0.4) is 0 Å². The van der Waals surface area contributed by atoms with Crippen LogP contribution in [0.1, 0.15) is 49.7 Å². The van der Waals surface area contributed by atoms with Crippen molar-refractivity contribution < 1.29 is 17.9 Å². The normalized spacial score (nSPS) is 20.0. The molecular weight excluding hydrogens is 279 g/mol. The maximum atomic E-state index is 13.2. The zero-order valence-electron chi connectivity index (χ0n) is 11.9. The van der Waals surface area contributed by atoms with Gasteiger partial charge in [-0.1, -0.05) is 6.07 Å². The minimum absolute atomic E-state index is 0.0235. The molecule has 1 aromatic carbocycles. The van der Waals surface area contributed by atoms with E-state index in [0.717, 1.165) is 38.5 Å². The number of benzene rings is 1. The largest absolute Gasteiger partial charge is 0.490 e. The second-order valence-electron chi connectivity index (χ2n) is 6.01. The Bertz CT molecular complexity index is 491. The average molecular weight is 299 g/mol. The third-order valence-electron chi connectivity index (χ3n) is 4.12. The number of ether oxygens (including phenoxy) is 1. The summed E-state index contributed by atoms with van der Waals surface area (Å²) in [5.74, 6) is -0.0235. The Morgan fingerprint density at radius 1 is 1.10 bits per heavy atom. The van der Waals surface area contributed by atoms with Gasteiger partial charge in [-0.25, -0.2) is 0 Å². The van der Waals surface area contributed by atoms with E-state index >= 15 is 0 Å². The highest BCUT2D eigenvalue weighted by Crippen LogP contribution is 2.38. The van der Waals surface area contributed by atoms with Gasteiger partial charge in [0.05, 0.1) is 11.7 Å². The smallest absolute Gasteiger partial charge is 0.419 e. The van der Waals surface area contributed by atoms with Gasteiger partial charge in [0.1, 0.15) is 5.75 Å². The fourth-order valence-corrected chi connectivity index (χ4v) is 2.75. The summed E-state index contributed by atoms with van der Waals surface area (Å²) in [6.45, 7) is 0.484. The highest BCUT2D eigenvalue weighted by atomic mass is 19.4. The second-order valence-corrected chi connectivity index (χ2v) is 6.01. The Balaban J connectivity index is 1.76. The van der Waals surface area contributed by atoms with E-state index in [9.17, 15) is 13.2 Å². The SMILES string of the molecule is FC(F)(F)c1cc(CNC2CC2)ccc1OC1CCCC1. The molecule has 2 aliphatic rings. The zero-order chi connectivity index (χ0) is 14.9. The molecule has 0 amide bonds. The van der Waals surface area contributed by atoms with Crippen LogP contribution in [-0.2, 0) is 12.7 Å². The van der Waals surface area contributed by atoms with E-state index in [0.29, 0.717) is 18.2 Å². The number of hydrogen-bond donors (Lipinski definition) is 1.